The predicted octanol–water partition coefficient (Wildman–Crippen LogP) is 5.63. The largest absolute Gasteiger partial charge is 0.478 e. The molecule has 0 aliphatic carbocycles. The summed E-state index contributed by atoms with van der Waals surface area (Å²) < 4.78 is 78.5. The second-order valence-electron chi connectivity index (χ2n) is 4.34. The van der Waals surface area contributed by atoms with Gasteiger partial charge in [-0.1, -0.05) is 34.8 Å². The van der Waals surface area contributed by atoms with Crippen LogP contribution in [0.3, 0.4) is 0 Å². The molecule has 0 bridgehead atoms. The van der Waals surface area contributed by atoms with E-state index in [-0.39, 0.29) is 18.1 Å². The van der Waals surface area contributed by atoms with E-state index in [1.807, 2.05) is 0 Å². The minimum atomic E-state index is -4.93. The zero-order chi connectivity index (χ0) is 18.1. The summed E-state index contributed by atoms with van der Waals surface area (Å²) in [4.78, 5) is 0. The third-order valence-electron chi connectivity index (χ3n) is 2.54. The topological polar surface area (TPSA) is 33.1 Å². The average molecular weight is 403 g/mol. The molecule has 1 aromatic rings. The fraction of sp³-hybridized carbons (Fsp3) is 0.417. The molecule has 0 amide bonds. The second kappa shape index (κ2) is 6.94. The van der Waals surface area contributed by atoms with Gasteiger partial charge in [0.2, 0.25) is 5.90 Å². The Bertz CT molecular complexity index is 547. The summed E-state index contributed by atoms with van der Waals surface area (Å²) >= 11 is 16.0. The summed E-state index contributed by atoms with van der Waals surface area (Å²) in [5, 5.41) is 7.21. The number of alkyl halides is 9. The highest BCUT2D eigenvalue weighted by molar-refractivity contribution is 6.76. The van der Waals surface area contributed by atoms with Crippen molar-refractivity contribution in [2.24, 2.45) is 0 Å². The molecule has 1 N–H and O–H groups in total. The normalized spacial score (nSPS) is 13.1. The number of hydrogen-bond acceptors (Lipinski definition) is 2. The summed E-state index contributed by atoms with van der Waals surface area (Å²) in [7, 11) is 0. The third-order valence-corrected chi connectivity index (χ3v) is 3.06. The van der Waals surface area contributed by atoms with E-state index in [1.165, 1.54) is 0 Å². The first-order valence-electron chi connectivity index (χ1n) is 5.78. The Morgan fingerprint density at radius 1 is 0.913 bits per heavy atom. The summed E-state index contributed by atoms with van der Waals surface area (Å²) in [6.45, 7) is -0.425. The van der Waals surface area contributed by atoms with Gasteiger partial charge in [0.1, 0.15) is 0 Å². The fourth-order valence-electron chi connectivity index (χ4n) is 1.52. The van der Waals surface area contributed by atoms with E-state index in [2.05, 4.69) is 4.74 Å². The summed E-state index contributed by atoms with van der Waals surface area (Å²) in [6, 6.07) is 1.16. The lowest BCUT2D eigenvalue weighted by molar-refractivity contribution is -0.143. The number of benzene rings is 1. The van der Waals surface area contributed by atoms with E-state index in [0.29, 0.717) is 12.1 Å². The van der Waals surface area contributed by atoms with Crippen molar-refractivity contribution < 1.29 is 31.1 Å². The van der Waals surface area contributed by atoms with Crippen LogP contribution in [0.4, 0.5) is 26.3 Å². The number of nitrogens with one attached hydrogen (secondary N) is 1. The van der Waals surface area contributed by atoms with Gasteiger partial charge in [-0.3, -0.25) is 5.41 Å². The van der Waals surface area contributed by atoms with Gasteiger partial charge in [0.15, 0.2) is 0 Å². The molecule has 0 heterocycles. The lowest BCUT2D eigenvalue weighted by atomic mass is 10.0. The van der Waals surface area contributed by atoms with Crippen molar-refractivity contribution in [1.29, 1.82) is 5.41 Å². The standard InChI is InChI=1S/C12H8Cl3F6NO/c13-10(14,15)9(22)23-2-1-6-3-7(11(16,17)18)5-8(4-6)12(19,20)21/h3-5,22H,1-2H2. The molecule has 0 radical (unpaired) electrons. The first-order valence-corrected chi connectivity index (χ1v) is 6.91. The predicted molar refractivity (Wildman–Crippen MR) is 74.1 cm³/mol. The minimum absolute atomic E-state index is 0.0215. The third kappa shape index (κ3) is 6.27. The molecule has 0 unspecified atom stereocenters. The smallest absolute Gasteiger partial charge is 0.416 e. The molecule has 11 heteroatoms. The van der Waals surface area contributed by atoms with Crippen molar-refractivity contribution in [3.8, 4) is 0 Å². The highest BCUT2D eigenvalue weighted by Crippen LogP contribution is 2.36. The Morgan fingerprint density at radius 3 is 1.70 bits per heavy atom. The Kier molecular flexibility index (Phi) is 6.09. The van der Waals surface area contributed by atoms with Crippen molar-refractivity contribution >= 4 is 40.7 Å². The molecule has 0 aliphatic rings. The fourth-order valence-corrected chi connectivity index (χ4v) is 1.68. The summed E-state index contributed by atoms with van der Waals surface area (Å²) in [5.41, 5.74) is -3.14. The van der Waals surface area contributed by atoms with Crippen molar-refractivity contribution in [1.82, 2.24) is 0 Å². The van der Waals surface area contributed by atoms with Crippen molar-refractivity contribution in [2.45, 2.75) is 22.6 Å². The number of ether oxygens (including phenoxy) is 1. The molecule has 0 aliphatic heterocycles. The number of hydrogen-bond donors (Lipinski definition) is 1. The van der Waals surface area contributed by atoms with Gasteiger partial charge in [-0.25, -0.2) is 0 Å². The molecule has 1 rings (SSSR count). The summed E-state index contributed by atoms with van der Waals surface area (Å²) in [5.74, 6) is -0.787. The van der Waals surface area contributed by atoms with Crippen LogP contribution in [0.25, 0.3) is 0 Å². The molecule has 130 valence electrons. The zero-order valence-electron chi connectivity index (χ0n) is 11.0. The molecule has 0 fully saturated rings. The van der Waals surface area contributed by atoms with E-state index in [1.54, 1.807) is 0 Å². The van der Waals surface area contributed by atoms with Gasteiger partial charge in [0, 0.05) is 6.42 Å². The first kappa shape index (κ1) is 20.2. The Hall–Kier alpha value is -0.860. The maximum absolute atomic E-state index is 12.7. The SMILES string of the molecule is N=C(OCCc1cc(C(F)(F)F)cc(C(F)(F)F)c1)C(Cl)(Cl)Cl. The maximum Gasteiger partial charge on any atom is 0.416 e. The average Bonchev–Trinajstić information content (AvgIpc) is 2.35. The first-order chi connectivity index (χ1) is 10.2. The van der Waals surface area contributed by atoms with Gasteiger partial charge in [0.05, 0.1) is 17.7 Å². The lowest BCUT2D eigenvalue weighted by Crippen LogP contribution is -2.22. The van der Waals surface area contributed by atoms with Crippen molar-refractivity contribution in [3.05, 3.63) is 34.9 Å². The monoisotopic (exact) mass is 401 g/mol. The van der Waals surface area contributed by atoms with E-state index in [0.717, 1.165) is 0 Å². The van der Waals surface area contributed by atoms with Gasteiger partial charge in [-0.15, -0.1) is 0 Å². The molecule has 23 heavy (non-hydrogen) atoms. The molecular weight excluding hydrogens is 394 g/mol. The number of rotatable bonds is 3. The molecular formula is C12H8Cl3F6NO. The van der Waals surface area contributed by atoms with Crippen LogP contribution in [0.1, 0.15) is 16.7 Å². The van der Waals surface area contributed by atoms with Gasteiger partial charge in [-0.05, 0) is 23.8 Å². The minimum Gasteiger partial charge on any atom is -0.478 e. The van der Waals surface area contributed by atoms with Crippen LogP contribution in [0.15, 0.2) is 18.2 Å². The quantitative estimate of drug-likeness (QED) is 0.302. The molecule has 0 aromatic heterocycles. The second-order valence-corrected chi connectivity index (χ2v) is 6.62. The maximum atomic E-state index is 12.7. The highest BCUT2D eigenvalue weighted by atomic mass is 35.6. The van der Waals surface area contributed by atoms with Crippen LogP contribution in [0, 0.1) is 5.41 Å². The van der Waals surface area contributed by atoms with E-state index in [9.17, 15) is 26.3 Å². The van der Waals surface area contributed by atoms with Crippen LogP contribution in [0.2, 0.25) is 0 Å². The van der Waals surface area contributed by atoms with Crippen LogP contribution in [-0.2, 0) is 23.5 Å². The molecule has 0 saturated carbocycles. The Labute approximate surface area is 141 Å². The van der Waals surface area contributed by atoms with Crippen LogP contribution < -0.4 is 0 Å². The van der Waals surface area contributed by atoms with Crippen LogP contribution in [0.5, 0.6) is 0 Å². The molecule has 1 aromatic carbocycles. The van der Waals surface area contributed by atoms with Crippen molar-refractivity contribution in [3.63, 3.8) is 0 Å². The van der Waals surface area contributed by atoms with Crippen molar-refractivity contribution in [2.75, 3.05) is 6.61 Å². The van der Waals surface area contributed by atoms with Crippen LogP contribution >= 0.6 is 34.8 Å². The van der Waals surface area contributed by atoms with E-state index in [4.69, 9.17) is 40.2 Å². The zero-order valence-corrected chi connectivity index (χ0v) is 13.2. The highest BCUT2D eigenvalue weighted by Gasteiger charge is 2.37. The molecule has 0 spiro atoms. The number of halogens is 9. The van der Waals surface area contributed by atoms with Gasteiger partial charge < -0.3 is 4.74 Å². The summed E-state index contributed by atoms with van der Waals surface area (Å²) in [6.07, 6.45) is -10.2. The van der Waals surface area contributed by atoms with Gasteiger partial charge >= 0.3 is 12.4 Å². The van der Waals surface area contributed by atoms with E-state index < -0.39 is 39.8 Å². The molecule has 2 nitrogen and oxygen atoms in total. The van der Waals surface area contributed by atoms with Gasteiger partial charge in [0.25, 0.3) is 3.79 Å². The lowest BCUT2D eigenvalue weighted by Gasteiger charge is -2.16. The Morgan fingerprint density at radius 2 is 1.35 bits per heavy atom. The molecule has 0 atom stereocenters. The molecule has 0 saturated heterocycles. The van der Waals surface area contributed by atoms with Crippen LogP contribution in [-0.4, -0.2) is 16.3 Å². The Balaban J connectivity index is 2.96. The van der Waals surface area contributed by atoms with E-state index >= 15 is 0 Å². The van der Waals surface area contributed by atoms with Gasteiger partial charge in [-0.2, -0.15) is 26.3 Å².